The average Bonchev–Trinajstić information content (AvgIpc) is 3.83. The summed E-state index contributed by atoms with van der Waals surface area (Å²) in [7, 11) is 0. The highest BCUT2D eigenvalue weighted by Crippen LogP contribution is 2.47. The summed E-state index contributed by atoms with van der Waals surface area (Å²) in [6.07, 6.45) is 8.69. The summed E-state index contributed by atoms with van der Waals surface area (Å²) in [5.41, 5.74) is 5.29. The van der Waals surface area contributed by atoms with E-state index >= 15 is 0 Å². The molecule has 5 heteroatoms. The number of hydrogen-bond acceptors (Lipinski definition) is 4. The van der Waals surface area contributed by atoms with Crippen molar-refractivity contribution >= 4 is 72.2 Å². The lowest BCUT2D eigenvalue weighted by Crippen LogP contribution is -1.98. The van der Waals surface area contributed by atoms with Crippen molar-refractivity contribution in [3.05, 3.63) is 95.9 Å². The van der Waals surface area contributed by atoms with E-state index in [9.17, 15) is 4.79 Å². The second-order valence-electron chi connectivity index (χ2n) is 11.0. The molecule has 0 bridgehead atoms. The van der Waals surface area contributed by atoms with Crippen molar-refractivity contribution in [3.63, 3.8) is 0 Å². The number of rotatable bonds is 11. The van der Waals surface area contributed by atoms with Crippen LogP contribution in [-0.2, 0) is 6.54 Å². The van der Waals surface area contributed by atoms with Gasteiger partial charge < -0.3 is 4.57 Å². The quantitative estimate of drug-likeness (QED) is 0.106. The molecule has 0 aliphatic heterocycles. The molecular weight excluding hydrogens is 571 g/mol. The fraction of sp³-hybridized carbons (Fsp3) is 0.216. The predicted octanol–water partition coefficient (Wildman–Crippen LogP) is 12.3. The Morgan fingerprint density at radius 2 is 1.40 bits per heavy atom. The first-order valence-electron chi connectivity index (χ1n) is 14.9. The van der Waals surface area contributed by atoms with Crippen LogP contribution in [0.3, 0.4) is 0 Å². The number of nitrogens with zero attached hydrogens (tertiary/aromatic N) is 1. The van der Waals surface area contributed by atoms with Gasteiger partial charge >= 0.3 is 0 Å². The zero-order chi connectivity index (χ0) is 28.5. The van der Waals surface area contributed by atoms with E-state index < -0.39 is 0 Å². The summed E-state index contributed by atoms with van der Waals surface area (Å²) in [6.45, 7) is 3.32. The van der Waals surface area contributed by atoms with E-state index in [1.807, 2.05) is 28.7 Å². The lowest BCUT2D eigenvalue weighted by molar-refractivity contribution is 0.112. The monoisotopic (exact) mass is 603 g/mol. The molecular formula is C37H33NOS3. The average molecular weight is 604 g/mol. The van der Waals surface area contributed by atoms with Crippen LogP contribution in [0.1, 0.15) is 55.1 Å². The molecule has 0 aliphatic carbocycles. The van der Waals surface area contributed by atoms with Gasteiger partial charge in [-0.15, -0.1) is 34.0 Å². The molecule has 3 aromatic carbocycles. The zero-order valence-corrected chi connectivity index (χ0v) is 26.2. The van der Waals surface area contributed by atoms with Gasteiger partial charge in [-0.25, -0.2) is 0 Å². The summed E-state index contributed by atoms with van der Waals surface area (Å²) in [6, 6.07) is 33.1. The smallest absolute Gasteiger partial charge is 0.160 e. The zero-order valence-electron chi connectivity index (χ0n) is 23.8. The van der Waals surface area contributed by atoms with E-state index in [1.54, 1.807) is 11.3 Å². The number of aldehydes is 1. The van der Waals surface area contributed by atoms with E-state index in [0.717, 1.165) is 22.6 Å². The third-order valence-electron chi connectivity index (χ3n) is 8.17. The molecule has 0 saturated heterocycles. The summed E-state index contributed by atoms with van der Waals surface area (Å²) >= 11 is 5.29. The maximum Gasteiger partial charge on any atom is 0.160 e. The normalized spacial score (nSPS) is 11.7. The number of aromatic nitrogens is 1. The van der Waals surface area contributed by atoms with E-state index in [-0.39, 0.29) is 0 Å². The Morgan fingerprint density at radius 1 is 0.690 bits per heavy atom. The molecule has 42 heavy (non-hydrogen) atoms. The third kappa shape index (κ3) is 5.04. The number of hydrogen-bond donors (Lipinski definition) is 0. The minimum atomic E-state index is 0.774. The number of unbranched alkanes of at least 4 members (excludes halogenated alkanes) is 5. The molecule has 2 nitrogen and oxygen atoms in total. The number of carbonyl (C=O) groups is 1. The van der Waals surface area contributed by atoms with E-state index in [4.69, 9.17) is 0 Å². The molecule has 0 aliphatic rings. The van der Waals surface area contributed by atoms with Gasteiger partial charge in [0.25, 0.3) is 0 Å². The topological polar surface area (TPSA) is 22.0 Å². The largest absolute Gasteiger partial charge is 0.339 e. The van der Waals surface area contributed by atoms with Gasteiger partial charge in [-0.3, -0.25) is 4.79 Å². The Labute approximate surface area is 258 Å². The minimum Gasteiger partial charge on any atom is -0.339 e. The molecule has 0 fully saturated rings. The lowest BCUT2D eigenvalue weighted by Gasteiger charge is -2.10. The Hall–Kier alpha value is -3.51. The fourth-order valence-electron chi connectivity index (χ4n) is 6.14. The number of para-hydroxylation sites is 1. The van der Waals surface area contributed by atoms with E-state index in [0.29, 0.717) is 0 Å². The molecule has 7 rings (SSSR count). The lowest BCUT2D eigenvalue weighted by atomic mass is 9.98. The summed E-state index contributed by atoms with van der Waals surface area (Å²) in [4.78, 5) is 17.0. The van der Waals surface area contributed by atoms with Crippen LogP contribution < -0.4 is 0 Å². The Bertz CT molecular complexity index is 2000. The summed E-state index contributed by atoms with van der Waals surface area (Å²) < 4.78 is 3.99. The number of fused-ring (bicyclic) bond motifs is 5. The molecule has 0 radical (unpaired) electrons. The Balaban J connectivity index is 1.39. The second-order valence-corrected chi connectivity index (χ2v) is 14.2. The van der Waals surface area contributed by atoms with E-state index in [2.05, 4.69) is 96.4 Å². The van der Waals surface area contributed by atoms with Crippen LogP contribution in [0.2, 0.25) is 0 Å². The molecule has 210 valence electrons. The van der Waals surface area contributed by atoms with Crippen LogP contribution in [0.4, 0.5) is 0 Å². The molecule has 7 aromatic rings. The van der Waals surface area contributed by atoms with Crippen LogP contribution in [0.15, 0.2) is 91.0 Å². The van der Waals surface area contributed by atoms with Crippen molar-refractivity contribution in [3.8, 4) is 30.6 Å². The Kier molecular flexibility index (Phi) is 7.81. The first-order valence-corrected chi connectivity index (χ1v) is 17.4. The van der Waals surface area contributed by atoms with Gasteiger partial charge in [0.15, 0.2) is 6.29 Å². The molecule has 0 unspecified atom stereocenters. The van der Waals surface area contributed by atoms with Gasteiger partial charge in [0.2, 0.25) is 0 Å². The van der Waals surface area contributed by atoms with Crippen molar-refractivity contribution in [1.82, 2.24) is 4.57 Å². The first-order chi connectivity index (χ1) is 20.7. The number of benzene rings is 3. The van der Waals surface area contributed by atoms with Crippen LogP contribution >= 0.6 is 34.0 Å². The summed E-state index contributed by atoms with van der Waals surface area (Å²) in [5.74, 6) is 0. The van der Waals surface area contributed by atoms with Crippen LogP contribution in [0, 0.1) is 0 Å². The van der Waals surface area contributed by atoms with Crippen LogP contribution in [-0.4, -0.2) is 10.9 Å². The van der Waals surface area contributed by atoms with Crippen molar-refractivity contribution < 1.29 is 4.79 Å². The predicted molar refractivity (Wildman–Crippen MR) is 186 cm³/mol. The van der Waals surface area contributed by atoms with Gasteiger partial charge in [-0.05, 0) is 65.4 Å². The first kappa shape index (κ1) is 27.3. The molecule has 0 atom stereocenters. The second kappa shape index (κ2) is 12.0. The maximum absolute atomic E-state index is 11.2. The van der Waals surface area contributed by atoms with Gasteiger partial charge in [0.1, 0.15) is 0 Å². The van der Waals surface area contributed by atoms with E-state index in [1.165, 1.54) is 96.2 Å². The van der Waals surface area contributed by atoms with Crippen LogP contribution in [0.5, 0.6) is 0 Å². The number of carbonyl (C=O) groups excluding carboxylic acids is 1. The van der Waals surface area contributed by atoms with Crippen molar-refractivity contribution in [2.24, 2.45) is 0 Å². The van der Waals surface area contributed by atoms with Crippen molar-refractivity contribution in [1.29, 1.82) is 0 Å². The Morgan fingerprint density at radius 3 is 2.21 bits per heavy atom. The maximum atomic E-state index is 11.2. The SMILES string of the molecule is CCCCCCCCn1c2ccccc2c2c(-c3ccccc3)cc3cc(-c4ccc(-c5ccc(C=O)s5)s4)sc3c21. The molecule has 4 heterocycles. The van der Waals surface area contributed by atoms with Gasteiger partial charge in [-0.2, -0.15) is 0 Å². The standard InChI is InChI=1S/C37H33NOS3/c1-2-3-4-5-6-12-21-38-30-16-11-10-15-28(30)35-29(25-13-8-7-9-14-25)22-26-23-34(42-37(26)36(35)38)33-20-19-32(41-33)31-18-17-27(24-39)40-31/h7-11,13-20,22-24H,2-6,12,21H2,1H3. The number of aryl methyl sites for hydroxylation is 1. The van der Waals surface area contributed by atoms with Gasteiger partial charge in [0.05, 0.1) is 15.1 Å². The van der Waals surface area contributed by atoms with Crippen molar-refractivity contribution in [2.45, 2.75) is 52.0 Å². The molecule has 0 amide bonds. The van der Waals surface area contributed by atoms with Gasteiger partial charge in [0, 0.05) is 42.3 Å². The molecule has 0 N–H and O–H groups in total. The number of thiophene rings is 3. The molecule has 4 aromatic heterocycles. The minimum absolute atomic E-state index is 0.774. The highest BCUT2D eigenvalue weighted by atomic mass is 32.1. The molecule has 0 saturated carbocycles. The highest BCUT2D eigenvalue weighted by Gasteiger charge is 2.20. The fourth-order valence-corrected chi connectivity index (χ4v) is 9.34. The highest BCUT2D eigenvalue weighted by molar-refractivity contribution is 7.29. The molecule has 0 spiro atoms. The third-order valence-corrected chi connectivity index (χ3v) is 11.8. The summed E-state index contributed by atoms with van der Waals surface area (Å²) in [5, 5.41) is 4.02. The van der Waals surface area contributed by atoms with Gasteiger partial charge in [-0.1, -0.05) is 87.6 Å². The van der Waals surface area contributed by atoms with Crippen LogP contribution in [0.25, 0.3) is 62.5 Å². The van der Waals surface area contributed by atoms with Crippen molar-refractivity contribution in [2.75, 3.05) is 0 Å².